The number of ether oxygens (including phenoxy) is 2. The Morgan fingerprint density at radius 2 is 1.88 bits per heavy atom. The standard InChI is InChI=1S/C14H30GeO2/c1-5-6-7-8-9-13(15(2,3)4)14-12-16-10-11-17-14/h13-14H,5-12H2,1-4H3. The molecule has 1 aliphatic rings. The Hall–Kier alpha value is 0.463. The van der Waals surface area contributed by atoms with Crippen molar-refractivity contribution in [3.63, 3.8) is 0 Å². The van der Waals surface area contributed by atoms with E-state index in [1.807, 2.05) is 0 Å². The number of hydrogen-bond acceptors (Lipinski definition) is 2. The Morgan fingerprint density at radius 3 is 2.41 bits per heavy atom. The van der Waals surface area contributed by atoms with Gasteiger partial charge in [0.15, 0.2) is 0 Å². The van der Waals surface area contributed by atoms with Crippen LogP contribution in [0.5, 0.6) is 0 Å². The molecule has 1 saturated heterocycles. The van der Waals surface area contributed by atoms with E-state index in [0.29, 0.717) is 6.10 Å². The second kappa shape index (κ2) is 7.80. The molecular formula is C14H30GeO2. The first-order valence-corrected chi connectivity index (χ1v) is 14.8. The summed E-state index contributed by atoms with van der Waals surface area (Å²) < 4.78 is 12.3. The fourth-order valence-corrected chi connectivity index (χ4v) is 7.70. The first-order chi connectivity index (χ1) is 8.05. The Labute approximate surface area is 110 Å². The van der Waals surface area contributed by atoms with Crippen molar-refractivity contribution in [3.8, 4) is 0 Å². The van der Waals surface area contributed by atoms with Gasteiger partial charge in [-0.3, -0.25) is 0 Å². The van der Waals surface area contributed by atoms with E-state index in [-0.39, 0.29) is 0 Å². The summed E-state index contributed by atoms with van der Waals surface area (Å²) in [6.45, 7) is 4.70. The molecule has 0 amide bonds. The average Bonchev–Trinajstić information content (AvgIpc) is 2.28. The van der Waals surface area contributed by atoms with Gasteiger partial charge in [0.05, 0.1) is 0 Å². The zero-order chi connectivity index (χ0) is 12.7. The van der Waals surface area contributed by atoms with Crippen molar-refractivity contribution in [3.05, 3.63) is 0 Å². The van der Waals surface area contributed by atoms with E-state index in [4.69, 9.17) is 9.47 Å². The molecule has 0 aliphatic carbocycles. The van der Waals surface area contributed by atoms with Gasteiger partial charge in [-0.25, -0.2) is 0 Å². The van der Waals surface area contributed by atoms with Crippen LogP contribution < -0.4 is 0 Å². The van der Waals surface area contributed by atoms with Gasteiger partial charge in [-0.2, -0.15) is 0 Å². The quantitative estimate of drug-likeness (QED) is 0.521. The van der Waals surface area contributed by atoms with Crippen LogP contribution >= 0.6 is 0 Å². The molecule has 2 nitrogen and oxygen atoms in total. The molecule has 3 heteroatoms. The van der Waals surface area contributed by atoms with Crippen LogP contribution in [0.4, 0.5) is 0 Å². The van der Waals surface area contributed by atoms with Crippen LogP contribution in [0.3, 0.4) is 0 Å². The molecule has 0 saturated carbocycles. The molecule has 2 atom stereocenters. The summed E-state index contributed by atoms with van der Waals surface area (Å²) in [5.41, 5.74) is 0. The van der Waals surface area contributed by atoms with E-state index < -0.39 is 13.3 Å². The molecule has 1 fully saturated rings. The summed E-state index contributed by atoms with van der Waals surface area (Å²) in [5.74, 6) is 7.55. The van der Waals surface area contributed by atoms with Crippen molar-refractivity contribution in [1.82, 2.24) is 0 Å². The fourth-order valence-electron chi connectivity index (χ4n) is 2.71. The molecule has 1 rings (SSSR count). The molecule has 0 aromatic heterocycles. The zero-order valence-corrected chi connectivity index (χ0v) is 14.2. The second-order valence-corrected chi connectivity index (χ2v) is 17.8. The van der Waals surface area contributed by atoms with Gasteiger partial charge in [-0.05, 0) is 0 Å². The summed E-state index contributed by atoms with van der Waals surface area (Å²) in [6.07, 6.45) is 7.22. The second-order valence-electron chi connectivity index (χ2n) is 6.31. The molecule has 0 spiro atoms. The molecule has 0 aromatic rings. The van der Waals surface area contributed by atoms with Gasteiger partial charge in [-0.15, -0.1) is 0 Å². The molecule has 1 aliphatic heterocycles. The first kappa shape index (κ1) is 15.5. The first-order valence-electron chi connectivity index (χ1n) is 7.25. The molecule has 1 heterocycles. The van der Waals surface area contributed by atoms with Crippen molar-refractivity contribution >= 4 is 13.3 Å². The molecule has 2 unspecified atom stereocenters. The normalized spacial score (nSPS) is 23.6. The summed E-state index contributed by atoms with van der Waals surface area (Å²) in [6, 6.07) is 0. The fraction of sp³-hybridized carbons (Fsp3) is 1.00. The average molecular weight is 303 g/mol. The van der Waals surface area contributed by atoms with E-state index in [9.17, 15) is 0 Å². The number of unbranched alkanes of at least 4 members (excludes halogenated alkanes) is 3. The van der Waals surface area contributed by atoms with E-state index in [2.05, 4.69) is 24.2 Å². The van der Waals surface area contributed by atoms with E-state index in [1.165, 1.54) is 32.1 Å². The van der Waals surface area contributed by atoms with Crippen LogP contribution in [0, 0.1) is 0 Å². The molecule has 0 N–H and O–H groups in total. The summed E-state index contributed by atoms with van der Waals surface area (Å²) in [5, 5.41) is 0. The molecule has 0 radical (unpaired) electrons. The van der Waals surface area contributed by atoms with Crippen LogP contribution in [-0.4, -0.2) is 39.2 Å². The van der Waals surface area contributed by atoms with E-state index in [1.54, 1.807) is 0 Å². The van der Waals surface area contributed by atoms with Crippen LogP contribution in [0.15, 0.2) is 0 Å². The van der Waals surface area contributed by atoms with Gasteiger partial charge >= 0.3 is 110 Å². The molecular weight excluding hydrogens is 273 g/mol. The monoisotopic (exact) mass is 304 g/mol. The van der Waals surface area contributed by atoms with E-state index in [0.717, 1.165) is 24.6 Å². The third-order valence-electron chi connectivity index (χ3n) is 3.77. The van der Waals surface area contributed by atoms with Gasteiger partial charge < -0.3 is 0 Å². The maximum absolute atomic E-state index is 5.95. The minimum absolute atomic E-state index is 0.394. The SMILES string of the molecule is CCCCCC[CH](C1COCCO1)[Ge]([CH3])([CH3])[CH3]. The van der Waals surface area contributed by atoms with Crippen molar-refractivity contribution in [2.45, 2.75) is 67.2 Å². The Morgan fingerprint density at radius 1 is 1.12 bits per heavy atom. The van der Waals surface area contributed by atoms with Crippen molar-refractivity contribution < 1.29 is 9.47 Å². The van der Waals surface area contributed by atoms with E-state index >= 15 is 0 Å². The molecule has 17 heavy (non-hydrogen) atoms. The minimum atomic E-state index is -1.65. The number of hydrogen-bond donors (Lipinski definition) is 0. The predicted octanol–water partition coefficient (Wildman–Crippen LogP) is 4.08. The maximum atomic E-state index is 5.95. The van der Waals surface area contributed by atoms with Gasteiger partial charge in [-0.1, -0.05) is 0 Å². The summed E-state index contributed by atoms with van der Waals surface area (Å²) >= 11 is -1.65. The van der Waals surface area contributed by atoms with Crippen molar-refractivity contribution in [2.24, 2.45) is 0 Å². The third-order valence-corrected chi connectivity index (χ3v) is 9.82. The van der Waals surface area contributed by atoms with Crippen LogP contribution in [0.2, 0.25) is 22.0 Å². The van der Waals surface area contributed by atoms with Gasteiger partial charge in [0.25, 0.3) is 0 Å². The Balaban J connectivity index is 2.42. The van der Waals surface area contributed by atoms with Crippen LogP contribution in [0.1, 0.15) is 39.0 Å². The number of rotatable bonds is 7. The molecule has 0 aromatic carbocycles. The van der Waals surface area contributed by atoms with Crippen LogP contribution in [0.25, 0.3) is 0 Å². The summed E-state index contributed by atoms with van der Waals surface area (Å²) in [7, 11) is 0. The van der Waals surface area contributed by atoms with Gasteiger partial charge in [0.2, 0.25) is 0 Å². The zero-order valence-electron chi connectivity index (χ0n) is 12.1. The predicted molar refractivity (Wildman–Crippen MR) is 76.4 cm³/mol. The van der Waals surface area contributed by atoms with Crippen molar-refractivity contribution in [2.75, 3.05) is 19.8 Å². The summed E-state index contributed by atoms with van der Waals surface area (Å²) in [4.78, 5) is 0. The van der Waals surface area contributed by atoms with Crippen molar-refractivity contribution in [1.29, 1.82) is 0 Å². The Bertz CT molecular complexity index is 195. The topological polar surface area (TPSA) is 18.5 Å². The Kier molecular flexibility index (Phi) is 7.12. The molecule has 102 valence electrons. The third kappa shape index (κ3) is 5.75. The van der Waals surface area contributed by atoms with Gasteiger partial charge in [0, 0.05) is 0 Å². The van der Waals surface area contributed by atoms with Crippen LogP contribution in [-0.2, 0) is 9.47 Å². The van der Waals surface area contributed by atoms with Gasteiger partial charge in [0.1, 0.15) is 0 Å². The molecule has 0 bridgehead atoms.